The molecule has 1 fully saturated rings. The minimum atomic E-state index is -0.0622. The van der Waals surface area contributed by atoms with Crippen LogP contribution in [-0.2, 0) is 0 Å². The number of hydrogen-bond acceptors (Lipinski definition) is 6. The maximum Gasteiger partial charge on any atom is 0.256 e. The molecule has 132 valence electrons. The zero-order valence-electron chi connectivity index (χ0n) is 13.9. The summed E-state index contributed by atoms with van der Waals surface area (Å²) in [4.78, 5) is 21.4. The molecule has 1 amide bonds. The number of aromatic nitrogens is 5. The Morgan fingerprint density at radius 3 is 2.62 bits per heavy atom. The number of hydrogen-bond donors (Lipinski definition) is 0. The van der Waals surface area contributed by atoms with Crippen molar-refractivity contribution in [3.05, 3.63) is 59.5 Å². The summed E-state index contributed by atoms with van der Waals surface area (Å²) >= 11 is 6.09. The smallest absolute Gasteiger partial charge is 0.256 e. The Morgan fingerprint density at radius 1 is 1.08 bits per heavy atom. The number of benzene rings is 1. The van der Waals surface area contributed by atoms with Gasteiger partial charge in [0.15, 0.2) is 0 Å². The van der Waals surface area contributed by atoms with Gasteiger partial charge in [-0.2, -0.15) is 4.68 Å². The minimum absolute atomic E-state index is 0.0622. The van der Waals surface area contributed by atoms with Crippen molar-refractivity contribution in [3.8, 4) is 5.69 Å². The predicted molar refractivity (Wildman–Crippen MR) is 96.5 cm³/mol. The normalized spacial score (nSPS) is 14.5. The zero-order chi connectivity index (χ0) is 17.9. The molecule has 9 heteroatoms. The van der Waals surface area contributed by atoms with E-state index in [9.17, 15) is 4.79 Å². The number of nitrogens with zero attached hydrogens (tertiary/aromatic N) is 7. The molecule has 3 heterocycles. The summed E-state index contributed by atoms with van der Waals surface area (Å²) in [6.45, 7) is 2.70. The highest BCUT2D eigenvalue weighted by Crippen LogP contribution is 2.22. The average Bonchev–Trinajstić information content (AvgIpc) is 3.23. The van der Waals surface area contributed by atoms with Crippen molar-refractivity contribution in [2.75, 3.05) is 31.1 Å². The van der Waals surface area contributed by atoms with E-state index in [0.29, 0.717) is 29.4 Å². The van der Waals surface area contributed by atoms with E-state index in [2.05, 4.69) is 25.4 Å². The fourth-order valence-electron chi connectivity index (χ4n) is 3.00. The van der Waals surface area contributed by atoms with Gasteiger partial charge >= 0.3 is 0 Å². The second-order valence-corrected chi connectivity index (χ2v) is 6.32. The van der Waals surface area contributed by atoms with E-state index in [1.807, 2.05) is 23.1 Å². The van der Waals surface area contributed by atoms with Crippen LogP contribution in [0, 0.1) is 0 Å². The fourth-order valence-corrected chi connectivity index (χ4v) is 3.16. The summed E-state index contributed by atoms with van der Waals surface area (Å²) in [7, 11) is 0. The van der Waals surface area contributed by atoms with E-state index in [1.54, 1.807) is 24.4 Å². The van der Waals surface area contributed by atoms with Crippen molar-refractivity contribution in [2.24, 2.45) is 0 Å². The lowest BCUT2D eigenvalue weighted by atomic mass is 10.1. The average molecular weight is 370 g/mol. The molecule has 0 unspecified atom stereocenters. The number of carbonyl (C=O) groups excluding carboxylic acids is 1. The number of pyridine rings is 1. The molecule has 0 atom stereocenters. The van der Waals surface area contributed by atoms with Gasteiger partial charge in [-0.15, -0.1) is 5.10 Å². The van der Waals surface area contributed by atoms with Crippen molar-refractivity contribution < 1.29 is 4.79 Å². The first-order valence-electron chi connectivity index (χ1n) is 8.20. The Hall–Kier alpha value is -3.00. The molecule has 0 aliphatic carbocycles. The molecule has 1 aliphatic heterocycles. The third-order valence-electron chi connectivity index (χ3n) is 4.33. The molecule has 3 aromatic rings. The lowest BCUT2D eigenvalue weighted by Gasteiger charge is -2.35. The van der Waals surface area contributed by atoms with Gasteiger partial charge in [0.1, 0.15) is 12.1 Å². The van der Waals surface area contributed by atoms with Crippen molar-refractivity contribution in [1.29, 1.82) is 0 Å². The van der Waals surface area contributed by atoms with Crippen molar-refractivity contribution >= 4 is 23.3 Å². The molecule has 0 radical (unpaired) electrons. The van der Waals surface area contributed by atoms with Gasteiger partial charge in [0.2, 0.25) is 0 Å². The predicted octanol–water partition coefficient (Wildman–Crippen LogP) is 1.67. The molecule has 1 aliphatic rings. The Balaban J connectivity index is 1.53. The molecule has 26 heavy (non-hydrogen) atoms. The molecule has 0 spiro atoms. The Bertz CT molecular complexity index is 893. The van der Waals surface area contributed by atoms with Crippen molar-refractivity contribution in [3.63, 3.8) is 0 Å². The number of amides is 1. The second-order valence-electron chi connectivity index (χ2n) is 5.88. The lowest BCUT2D eigenvalue weighted by molar-refractivity contribution is 0.0746. The summed E-state index contributed by atoms with van der Waals surface area (Å²) in [6.07, 6.45) is 3.22. The maximum absolute atomic E-state index is 13.0. The first-order chi connectivity index (χ1) is 12.7. The zero-order valence-corrected chi connectivity index (χ0v) is 14.6. The number of piperazine rings is 1. The molecule has 0 saturated carbocycles. The van der Waals surface area contributed by atoms with Crippen LogP contribution in [0.25, 0.3) is 5.69 Å². The lowest BCUT2D eigenvalue weighted by Crippen LogP contribution is -2.49. The van der Waals surface area contributed by atoms with E-state index in [0.717, 1.165) is 18.9 Å². The number of rotatable bonds is 3. The summed E-state index contributed by atoms with van der Waals surface area (Å²) < 4.78 is 1.45. The van der Waals surface area contributed by atoms with E-state index in [4.69, 9.17) is 11.6 Å². The number of tetrazole rings is 1. The third kappa shape index (κ3) is 3.23. The largest absolute Gasteiger partial charge is 0.353 e. The first-order valence-corrected chi connectivity index (χ1v) is 8.58. The fraction of sp³-hybridized carbons (Fsp3) is 0.235. The molecule has 8 nitrogen and oxygen atoms in total. The molecule has 1 saturated heterocycles. The maximum atomic E-state index is 13.0. The molecule has 0 N–H and O–H groups in total. The van der Waals surface area contributed by atoms with Gasteiger partial charge in [-0.05, 0) is 40.8 Å². The Labute approximate surface area is 155 Å². The van der Waals surface area contributed by atoms with Crippen LogP contribution in [0.15, 0.2) is 48.9 Å². The number of carbonyl (C=O) groups is 1. The monoisotopic (exact) mass is 369 g/mol. The summed E-state index contributed by atoms with van der Waals surface area (Å²) in [6, 6.07) is 10.9. The Kier molecular flexibility index (Phi) is 4.49. The molecule has 2 aromatic heterocycles. The van der Waals surface area contributed by atoms with Crippen LogP contribution in [-0.4, -0.2) is 62.2 Å². The molecular formula is C17H16ClN7O. The topological polar surface area (TPSA) is 80.0 Å². The number of halogens is 1. The van der Waals surface area contributed by atoms with Crippen LogP contribution >= 0.6 is 11.6 Å². The van der Waals surface area contributed by atoms with Gasteiger partial charge < -0.3 is 9.80 Å². The van der Waals surface area contributed by atoms with Gasteiger partial charge in [-0.3, -0.25) is 4.79 Å². The summed E-state index contributed by atoms with van der Waals surface area (Å²) in [5.74, 6) is 0.869. The summed E-state index contributed by atoms with van der Waals surface area (Å²) in [5.41, 5.74) is 1.09. The molecule has 1 aromatic carbocycles. The van der Waals surface area contributed by atoms with E-state index >= 15 is 0 Å². The van der Waals surface area contributed by atoms with E-state index in [1.165, 1.54) is 11.0 Å². The standard InChI is InChI=1S/C17H16ClN7O/c18-13-4-5-14(15(11-13)25-12-20-21-22-25)17(26)24-9-7-23(8-10-24)16-3-1-2-6-19-16/h1-6,11-12H,7-10H2. The van der Waals surface area contributed by atoms with Gasteiger partial charge in [0, 0.05) is 37.4 Å². The highest BCUT2D eigenvalue weighted by atomic mass is 35.5. The van der Waals surface area contributed by atoms with Crippen LogP contribution in [0.2, 0.25) is 5.02 Å². The first kappa shape index (κ1) is 16.5. The quantitative estimate of drug-likeness (QED) is 0.698. The molecular weight excluding hydrogens is 354 g/mol. The van der Waals surface area contributed by atoms with Crippen molar-refractivity contribution in [2.45, 2.75) is 0 Å². The highest BCUT2D eigenvalue weighted by molar-refractivity contribution is 6.31. The van der Waals surface area contributed by atoms with Crippen LogP contribution in [0.1, 0.15) is 10.4 Å². The highest BCUT2D eigenvalue weighted by Gasteiger charge is 2.25. The van der Waals surface area contributed by atoms with E-state index in [-0.39, 0.29) is 5.91 Å². The molecule has 4 rings (SSSR count). The molecule has 0 bridgehead atoms. The number of anilines is 1. The van der Waals surface area contributed by atoms with Gasteiger partial charge in [-0.1, -0.05) is 17.7 Å². The van der Waals surface area contributed by atoms with Crippen LogP contribution in [0.4, 0.5) is 5.82 Å². The van der Waals surface area contributed by atoms with Crippen LogP contribution in [0.5, 0.6) is 0 Å². The van der Waals surface area contributed by atoms with Crippen LogP contribution in [0.3, 0.4) is 0 Å². The third-order valence-corrected chi connectivity index (χ3v) is 4.56. The van der Waals surface area contributed by atoms with Gasteiger partial charge in [0.25, 0.3) is 5.91 Å². The van der Waals surface area contributed by atoms with Crippen LogP contribution < -0.4 is 4.90 Å². The minimum Gasteiger partial charge on any atom is -0.353 e. The van der Waals surface area contributed by atoms with Crippen molar-refractivity contribution in [1.82, 2.24) is 30.1 Å². The Morgan fingerprint density at radius 2 is 1.92 bits per heavy atom. The summed E-state index contributed by atoms with van der Waals surface area (Å²) in [5, 5.41) is 11.7. The van der Waals surface area contributed by atoms with Gasteiger partial charge in [0.05, 0.1) is 11.3 Å². The van der Waals surface area contributed by atoms with E-state index < -0.39 is 0 Å². The SMILES string of the molecule is O=C(c1ccc(Cl)cc1-n1cnnn1)N1CCN(c2ccccn2)CC1. The van der Waals surface area contributed by atoms with Gasteiger partial charge in [-0.25, -0.2) is 4.98 Å². The second kappa shape index (κ2) is 7.09.